The highest BCUT2D eigenvalue weighted by Gasteiger charge is 2.07. The molecule has 2 aromatic rings. The third-order valence-corrected chi connectivity index (χ3v) is 3.26. The van der Waals surface area contributed by atoms with Gasteiger partial charge in [0.1, 0.15) is 5.75 Å². The average molecular weight is 273 g/mol. The van der Waals surface area contributed by atoms with Gasteiger partial charge in [0, 0.05) is 18.4 Å². The largest absolute Gasteiger partial charge is 0.495 e. The molecule has 0 radical (unpaired) electrons. The van der Waals surface area contributed by atoms with Crippen LogP contribution in [0.15, 0.2) is 36.4 Å². The number of amides is 2. The summed E-state index contributed by atoms with van der Waals surface area (Å²) in [5, 5.41) is 5.60. The van der Waals surface area contributed by atoms with Gasteiger partial charge in [-0.05, 0) is 31.2 Å². The zero-order valence-corrected chi connectivity index (χ0v) is 11.9. The van der Waals surface area contributed by atoms with Gasteiger partial charge in [-0.2, -0.15) is 0 Å². The molecule has 106 valence electrons. The van der Waals surface area contributed by atoms with Gasteiger partial charge in [0.05, 0.1) is 19.3 Å². The van der Waals surface area contributed by atoms with Crippen molar-refractivity contribution < 1.29 is 9.53 Å². The second-order valence-electron chi connectivity index (χ2n) is 4.53. The number of aromatic nitrogens is 1. The van der Waals surface area contributed by atoms with Gasteiger partial charge in [0.25, 0.3) is 0 Å². The third-order valence-electron chi connectivity index (χ3n) is 3.26. The smallest absolute Gasteiger partial charge is 0.319 e. The van der Waals surface area contributed by atoms with E-state index in [-0.39, 0.29) is 6.03 Å². The second-order valence-corrected chi connectivity index (χ2v) is 4.53. The quantitative estimate of drug-likeness (QED) is 0.899. The second kappa shape index (κ2) is 6.14. The van der Waals surface area contributed by atoms with Crippen LogP contribution in [0.3, 0.4) is 0 Å². The molecule has 1 aromatic carbocycles. The lowest BCUT2D eigenvalue weighted by Gasteiger charge is -2.11. The first-order valence-electron chi connectivity index (χ1n) is 6.41. The van der Waals surface area contributed by atoms with Crippen molar-refractivity contribution in [3.05, 3.63) is 47.8 Å². The highest BCUT2D eigenvalue weighted by Crippen LogP contribution is 2.22. The van der Waals surface area contributed by atoms with E-state index in [4.69, 9.17) is 4.74 Å². The Morgan fingerprint density at radius 2 is 2.00 bits per heavy atom. The molecule has 0 aliphatic heterocycles. The molecule has 0 unspecified atom stereocenters. The minimum atomic E-state index is -0.256. The summed E-state index contributed by atoms with van der Waals surface area (Å²) in [5.41, 5.74) is 2.86. The number of methoxy groups -OCH3 is 1. The Morgan fingerprint density at radius 3 is 2.65 bits per heavy atom. The van der Waals surface area contributed by atoms with Crippen LogP contribution in [0.1, 0.15) is 11.4 Å². The number of carbonyl (C=O) groups is 1. The number of hydrogen-bond donors (Lipinski definition) is 2. The molecule has 0 saturated carbocycles. The molecule has 0 spiro atoms. The number of carbonyl (C=O) groups excluding carboxylic acids is 1. The molecule has 1 heterocycles. The van der Waals surface area contributed by atoms with Crippen molar-refractivity contribution in [3.63, 3.8) is 0 Å². The average Bonchev–Trinajstić information content (AvgIpc) is 2.77. The standard InChI is InChI=1S/C15H19N3O2/c1-11-8-9-12(18(11)2)10-16-15(19)17-13-6-4-5-7-14(13)20-3/h4-9H,10H2,1-3H3,(H2,16,17,19). The first-order valence-corrected chi connectivity index (χ1v) is 6.41. The van der Waals surface area contributed by atoms with Crippen LogP contribution in [0.25, 0.3) is 0 Å². The Labute approximate surface area is 118 Å². The third kappa shape index (κ3) is 3.12. The van der Waals surface area contributed by atoms with Crippen molar-refractivity contribution in [2.75, 3.05) is 12.4 Å². The number of benzene rings is 1. The van der Waals surface area contributed by atoms with Gasteiger partial charge in [0.15, 0.2) is 0 Å². The Hall–Kier alpha value is -2.43. The summed E-state index contributed by atoms with van der Waals surface area (Å²) in [6, 6.07) is 11.1. The maximum atomic E-state index is 11.9. The fourth-order valence-corrected chi connectivity index (χ4v) is 1.93. The van der Waals surface area contributed by atoms with Crippen molar-refractivity contribution in [2.45, 2.75) is 13.5 Å². The summed E-state index contributed by atoms with van der Waals surface area (Å²) in [6.07, 6.45) is 0. The predicted octanol–water partition coefficient (Wildman–Crippen LogP) is 2.66. The Kier molecular flexibility index (Phi) is 4.30. The van der Waals surface area contributed by atoms with E-state index in [2.05, 4.69) is 10.6 Å². The van der Waals surface area contributed by atoms with E-state index in [1.54, 1.807) is 19.2 Å². The zero-order chi connectivity index (χ0) is 14.5. The molecule has 0 saturated heterocycles. The number of hydrogen-bond acceptors (Lipinski definition) is 2. The normalized spacial score (nSPS) is 10.2. The van der Waals surface area contributed by atoms with E-state index in [1.807, 2.05) is 42.8 Å². The van der Waals surface area contributed by atoms with E-state index in [0.717, 1.165) is 11.4 Å². The molecule has 2 N–H and O–H groups in total. The molecule has 0 aliphatic carbocycles. The minimum Gasteiger partial charge on any atom is -0.495 e. The molecule has 2 rings (SSSR count). The van der Waals surface area contributed by atoms with Gasteiger partial charge in [-0.3, -0.25) is 0 Å². The van der Waals surface area contributed by atoms with Gasteiger partial charge in [-0.1, -0.05) is 12.1 Å². The minimum absolute atomic E-state index is 0.256. The van der Waals surface area contributed by atoms with Crippen LogP contribution in [0, 0.1) is 6.92 Å². The van der Waals surface area contributed by atoms with Crippen LogP contribution >= 0.6 is 0 Å². The van der Waals surface area contributed by atoms with Crippen LogP contribution < -0.4 is 15.4 Å². The first-order chi connectivity index (χ1) is 9.61. The number of nitrogens with zero attached hydrogens (tertiary/aromatic N) is 1. The Balaban J connectivity index is 1.94. The molecule has 0 bridgehead atoms. The molecule has 5 nitrogen and oxygen atoms in total. The SMILES string of the molecule is COc1ccccc1NC(=O)NCc1ccc(C)n1C. The lowest BCUT2D eigenvalue weighted by atomic mass is 10.3. The van der Waals surface area contributed by atoms with Crippen molar-refractivity contribution >= 4 is 11.7 Å². The van der Waals surface area contributed by atoms with Gasteiger partial charge >= 0.3 is 6.03 Å². The monoisotopic (exact) mass is 273 g/mol. The van der Waals surface area contributed by atoms with Crippen LogP contribution in [-0.2, 0) is 13.6 Å². The highest BCUT2D eigenvalue weighted by atomic mass is 16.5. The number of ether oxygens (including phenoxy) is 1. The molecule has 20 heavy (non-hydrogen) atoms. The number of urea groups is 1. The van der Waals surface area contributed by atoms with Gasteiger partial charge in [-0.25, -0.2) is 4.79 Å². The summed E-state index contributed by atoms with van der Waals surface area (Å²) in [7, 11) is 3.55. The van der Waals surface area contributed by atoms with Crippen molar-refractivity contribution in [1.82, 2.24) is 9.88 Å². The molecular weight excluding hydrogens is 254 g/mol. The topological polar surface area (TPSA) is 55.3 Å². The summed E-state index contributed by atoms with van der Waals surface area (Å²) in [6.45, 7) is 2.50. The van der Waals surface area contributed by atoms with Crippen molar-refractivity contribution in [3.8, 4) is 5.75 Å². The van der Waals surface area contributed by atoms with Crippen LogP contribution in [0.2, 0.25) is 0 Å². The van der Waals surface area contributed by atoms with E-state index in [9.17, 15) is 4.79 Å². The van der Waals surface area contributed by atoms with E-state index >= 15 is 0 Å². The molecule has 0 fully saturated rings. The zero-order valence-electron chi connectivity index (χ0n) is 11.9. The molecule has 5 heteroatoms. The summed E-state index contributed by atoms with van der Waals surface area (Å²) >= 11 is 0. The summed E-state index contributed by atoms with van der Waals surface area (Å²) in [5.74, 6) is 0.636. The molecule has 0 atom stereocenters. The first kappa shape index (κ1) is 14.0. The highest BCUT2D eigenvalue weighted by molar-refractivity contribution is 5.90. The van der Waals surface area contributed by atoms with E-state index in [1.165, 1.54) is 0 Å². The van der Waals surface area contributed by atoms with Crippen LogP contribution in [-0.4, -0.2) is 17.7 Å². The van der Waals surface area contributed by atoms with Crippen molar-refractivity contribution in [1.29, 1.82) is 0 Å². The van der Waals surface area contributed by atoms with E-state index in [0.29, 0.717) is 18.0 Å². The Bertz CT molecular complexity index is 605. The van der Waals surface area contributed by atoms with Crippen molar-refractivity contribution in [2.24, 2.45) is 7.05 Å². The number of rotatable bonds is 4. The number of anilines is 1. The van der Waals surface area contributed by atoms with Crippen LogP contribution in [0.4, 0.5) is 10.5 Å². The molecule has 2 amide bonds. The van der Waals surface area contributed by atoms with Crippen LogP contribution in [0.5, 0.6) is 5.75 Å². The van der Waals surface area contributed by atoms with Gasteiger partial charge in [-0.15, -0.1) is 0 Å². The number of aryl methyl sites for hydroxylation is 1. The fraction of sp³-hybridized carbons (Fsp3) is 0.267. The summed E-state index contributed by atoms with van der Waals surface area (Å²) < 4.78 is 7.23. The summed E-state index contributed by atoms with van der Waals surface area (Å²) in [4.78, 5) is 11.9. The predicted molar refractivity (Wildman–Crippen MR) is 79.0 cm³/mol. The molecular formula is C15H19N3O2. The maximum absolute atomic E-state index is 11.9. The Morgan fingerprint density at radius 1 is 1.25 bits per heavy atom. The van der Waals surface area contributed by atoms with E-state index < -0.39 is 0 Å². The molecule has 1 aromatic heterocycles. The fourth-order valence-electron chi connectivity index (χ4n) is 1.93. The van der Waals surface area contributed by atoms with Gasteiger partial charge in [0.2, 0.25) is 0 Å². The lowest BCUT2D eigenvalue weighted by Crippen LogP contribution is -2.29. The van der Waals surface area contributed by atoms with Gasteiger partial charge < -0.3 is 19.9 Å². The maximum Gasteiger partial charge on any atom is 0.319 e. The number of para-hydroxylation sites is 2. The number of nitrogens with one attached hydrogen (secondary N) is 2. The lowest BCUT2D eigenvalue weighted by molar-refractivity contribution is 0.251. The molecule has 0 aliphatic rings.